The number of hydrogen-bond acceptors (Lipinski definition) is 3. The molecule has 0 unspecified atom stereocenters. The van der Waals surface area contributed by atoms with Gasteiger partial charge in [-0.2, -0.15) is 0 Å². The quantitative estimate of drug-likeness (QED) is 0.305. The minimum atomic E-state index is 0.317. The van der Waals surface area contributed by atoms with Crippen molar-refractivity contribution in [2.24, 2.45) is 0 Å². The molecule has 0 bridgehead atoms. The van der Waals surface area contributed by atoms with E-state index in [0.717, 1.165) is 28.9 Å². The van der Waals surface area contributed by atoms with Gasteiger partial charge in [-0.3, -0.25) is 0 Å². The third-order valence-electron chi connectivity index (χ3n) is 5.06. The molecule has 4 aromatic rings. The van der Waals surface area contributed by atoms with Crippen molar-refractivity contribution in [1.82, 2.24) is 0 Å². The summed E-state index contributed by atoms with van der Waals surface area (Å²) < 4.78 is 17.6. The van der Waals surface area contributed by atoms with Gasteiger partial charge in [-0.15, -0.1) is 0 Å². The highest BCUT2D eigenvalue weighted by Gasteiger charge is 2.14. The first-order valence-corrected chi connectivity index (χ1v) is 10.2. The maximum absolute atomic E-state index is 5.99. The highest BCUT2D eigenvalue weighted by Crippen LogP contribution is 2.30. The molecule has 0 saturated carbocycles. The fourth-order valence-electron chi connectivity index (χ4n) is 3.70. The third-order valence-corrected chi connectivity index (χ3v) is 5.06. The number of para-hydroxylation sites is 1. The topological polar surface area (TPSA) is 31.6 Å². The summed E-state index contributed by atoms with van der Waals surface area (Å²) in [5, 5.41) is 1.04. The van der Waals surface area contributed by atoms with Gasteiger partial charge in [-0.1, -0.05) is 72.8 Å². The Morgan fingerprint density at radius 2 is 1.52 bits per heavy atom. The average Bonchev–Trinajstić information content (AvgIpc) is 3.19. The van der Waals surface area contributed by atoms with Crippen LogP contribution in [-0.4, -0.2) is 13.2 Å². The molecule has 148 valence electrons. The van der Waals surface area contributed by atoms with E-state index in [1.165, 1.54) is 11.1 Å². The van der Waals surface area contributed by atoms with E-state index in [-0.39, 0.29) is 0 Å². The minimum Gasteiger partial charge on any atom is -0.490 e. The second-order valence-corrected chi connectivity index (χ2v) is 7.04. The van der Waals surface area contributed by atoms with E-state index < -0.39 is 0 Å². The number of rotatable bonds is 9. The summed E-state index contributed by atoms with van der Waals surface area (Å²) in [4.78, 5) is 0. The zero-order valence-corrected chi connectivity index (χ0v) is 16.7. The van der Waals surface area contributed by atoms with Crippen molar-refractivity contribution in [3.8, 4) is 5.75 Å². The largest absolute Gasteiger partial charge is 0.490 e. The van der Waals surface area contributed by atoms with Gasteiger partial charge in [0.05, 0.1) is 6.61 Å². The zero-order chi connectivity index (χ0) is 19.9. The Labute approximate surface area is 171 Å². The van der Waals surface area contributed by atoms with E-state index in [9.17, 15) is 0 Å². The fourth-order valence-corrected chi connectivity index (χ4v) is 3.70. The van der Waals surface area contributed by atoms with Crippen LogP contribution in [0, 0.1) is 0 Å². The molecule has 1 aromatic heterocycles. The molecular formula is C26H26O3. The molecule has 3 heteroatoms. The Morgan fingerprint density at radius 1 is 0.828 bits per heavy atom. The third kappa shape index (κ3) is 4.69. The van der Waals surface area contributed by atoms with Crippen molar-refractivity contribution >= 4 is 11.0 Å². The summed E-state index contributed by atoms with van der Waals surface area (Å²) >= 11 is 0. The summed E-state index contributed by atoms with van der Waals surface area (Å²) in [6.07, 6.45) is 0.915. The van der Waals surface area contributed by atoms with Crippen LogP contribution in [0.1, 0.15) is 36.1 Å². The molecule has 0 aliphatic rings. The van der Waals surface area contributed by atoms with Crippen LogP contribution in [0.3, 0.4) is 0 Å². The lowest BCUT2D eigenvalue weighted by Crippen LogP contribution is -2.06. The molecule has 29 heavy (non-hydrogen) atoms. The number of benzene rings is 3. The van der Waals surface area contributed by atoms with Crippen LogP contribution >= 0.6 is 0 Å². The summed E-state index contributed by atoms with van der Waals surface area (Å²) in [5.74, 6) is 1.92. The molecule has 4 rings (SSSR count). The first-order valence-electron chi connectivity index (χ1n) is 10.2. The average molecular weight is 386 g/mol. The Balaban J connectivity index is 1.41. The highest BCUT2D eigenvalue weighted by molar-refractivity contribution is 5.83. The van der Waals surface area contributed by atoms with Crippen molar-refractivity contribution in [1.29, 1.82) is 0 Å². The standard InChI is InChI=1S/C26H26O3/c1-2-28-25-15-9-14-22-18-23(29-26(22)25)19-27-17-16-24(20-10-5-3-6-11-20)21-12-7-4-8-13-21/h3-15,18,24H,2,16-17,19H2,1H3. The molecule has 0 fully saturated rings. The van der Waals surface area contributed by atoms with Crippen molar-refractivity contribution in [3.63, 3.8) is 0 Å². The maximum Gasteiger partial charge on any atom is 0.176 e. The highest BCUT2D eigenvalue weighted by atomic mass is 16.5. The lowest BCUT2D eigenvalue weighted by atomic mass is 9.89. The maximum atomic E-state index is 5.99. The SMILES string of the molecule is CCOc1cccc2cc(COCCC(c3ccccc3)c3ccccc3)oc12. The van der Waals surface area contributed by atoms with E-state index >= 15 is 0 Å². The monoisotopic (exact) mass is 386 g/mol. The van der Waals surface area contributed by atoms with Crippen LogP contribution in [0.2, 0.25) is 0 Å². The summed E-state index contributed by atoms with van der Waals surface area (Å²) in [6, 6.07) is 29.2. The van der Waals surface area contributed by atoms with Crippen LogP contribution in [-0.2, 0) is 11.3 Å². The Bertz CT molecular complexity index is 982. The van der Waals surface area contributed by atoms with Gasteiger partial charge in [0.2, 0.25) is 0 Å². The van der Waals surface area contributed by atoms with Crippen LogP contribution in [0.5, 0.6) is 5.75 Å². The molecule has 0 amide bonds. The molecule has 0 saturated heterocycles. The molecule has 3 aromatic carbocycles. The molecule has 0 spiro atoms. The summed E-state index contributed by atoms with van der Waals surface area (Å²) in [7, 11) is 0. The number of hydrogen-bond donors (Lipinski definition) is 0. The second-order valence-electron chi connectivity index (χ2n) is 7.04. The van der Waals surface area contributed by atoms with Gasteiger partial charge >= 0.3 is 0 Å². The lowest BCUT2D eigenvalue weighted by Gasteiger charge is -2.18. The van der Waals surface area contributed by atoms with Crippen LogP contribution in [0.4, 0.5) is 0 Å². The smallest absolute Gasteiger partial charge is 0.176 e. The van der Waals surface area contributed by atoms with Gasteiger partial charge < -0.3 is 13.9 Å². The van der Waals surface area contributed by atoms with Crippen molar-refractivity contribution in [3.05, 3.63) is 102 Å². The van der Waals surface area contributed by atoms with Crippen molar-refractivity contribution in [2.45, 2.75) is 25.9 Å². The summed E-state index contributed by atoms with van der Waals surface area (Å²) in [6.45, 7) is 3.70. The van der Waals surface area contributed by atoms with E-state index in [0.29, 0.717) is 25.7 Å². The number of furan rings is 1. The van der Waals surface area contributed by atoms with Gasteiger partial charge in [-0.05, 0) is 36.6 Å². The van der Waals surface area contributed by atoms with Crippen LogP contribution < -0.4 is 4.74 Å². The zero-order valence-electron chi connectivity index (χ0n) is 16.7. The van der Waals surface area contributed by atoms with Crippen molar-refractivity contribution < 1.29 is 13.9 Å². The summed E-state index contributed by atoms with van der Waals surface area (Å²) in [5.41, 5.74) is 3.42. The van der Waals surface area contributed by atoms with Crippen molar-refractivity contribution in [2.75, 3.05) is 13.2 Å². The molecular weight excluding hydrogens is 360 g/mol. The Morgan fingerprint density at radius 3 is 2.17 bits per heavy atom. The van der Waals surface area contributed by atoms with Gasteiger partial charge in [0, 0.05) is 17.9 Å². The molecule has 0 atom stereocenters. The van der Waals surface area contributed by atoms with E-state index in [1.807, 2.05) is 31.2 Å². The number of fused-ring (bicyclic) bond motifs is 1. The Hall–Kier alpha value is -3.04. The molecule has 0 aliphatic carbocycles. The molecule has 0 radical (unpaired) electrons. The lowest BCUT2D eigenvalue weighted by molar-refractivity contribution is 0.103. The van der Waals surface area contributed by atoms with Gasteiger partial charge in [0.25, 0.3) is 0 Å². The normalized spacial score (nSPS) is 11.2. The Kier molecular flexibility index (Phi) is 6.28. The van der Waals surface area contributed by atoms with Gasteiger partial charge in [0.1, 0.15) is 12.4 Å². The van der Waals surface area contributed by atoms with E-state index in [4.69, 9.17) is 13.9 Å². The molecule has 0 N–H and O–H groups in total. The van der Waals surface area contributed by atoms with Crippen LogP contribution in [0.15, 0.2) is 89.3 Å². The first-order chi connectivity index (χ1) is 14.3. The van der Waals surface area contributed by atoms with E-state index in [2.05, 4.69) is 60.7 Å². The molecule has 1 heterocycles. The van der Waals surface area contributed by atoms with E-state index in [1.54, 1.807) is 0 Å². The predicted octanol–water partition coefficient (Wildman–Crippen LogP) is 6.57. The second kappa shape index (κ2) is 9.44. The minimum absolute atomic E-state index is 0.317. The van der Waals surface area contributed by atoms with Gasteiger partial charge in [0.15, 0.2) is 11.3 Å². The van der Waals surface area contributed by atoms with Crippen LogP contribution in [0.25, 0.3) is 11.0 Å². The van der Waals surface area contributed by atoms with Gasteiger partial charge in [-0.25, -0.2) is 0 Å². The fraction of sp³-hybridized carbons (Fsp3) is 0.231. The molecule has 0 aliphatic heterocycles. The first kappa shape index (κ1) is 19.3. The predicted molar refractivity (Wildman–Crippen MR) is 116 cm³/mol. The molecule has 3 nitrogen and oxygen atoms in total. The number of ether oxygens (including phenoxy) is 2.